The van der Waals surface area contributed by atoms with Gasteiger partial charge in [0, 0.05) is 18.1 Å². The summed E-state index contributed by atoms with van der Waals surface area (Å²) in [7, 11) is 1.49. The van der Waals surface area contributed by atoms with Crippen LogP contribution in [0.4, 0.5) is 5.69 Å². The molecule has 1 aliphatic heterocycles. The SMILES string of the molecule is COc1ccc(C)cc1/C(O)=C1\C(=O)C(=O)N(c2cccc(C)c2C)C1c1cccnc1. The summed E-state index contributed by atoms with van der Waals surface area (Å²) in [6, 6.07) is 13.6. The fraction of sp³-hybridized carbons (Fsp3) is 0.192. The second-order valence-corrected chi connectivity index (χ2v) is 7.88. The van der Waals surface area contributed by atoms with E-state index in [1.807, 2.05) is 45.0 Å². The molecule has 1 aliphatic rings. The predicted molar refractivity (Wildman–Crippen MR) is 123 cm³/mol. The van der Waals surface area contributed by atoms with Crippen LogP contribution in [0.1, 0.15) is 33.9 Å². The van der Waals surface area contributed by atoms with Gasteiger partial charge in [-0.3, -0.25) is 19.5 Å². The number of methoxy groups -OCH3 is 1. The van der Waals surface area contributed by atoms with Crippen LogP contribution in [0, 0.1) is 20.8 Å². The number of rotatable bonds is 4. The van der Waals surface area contributed by atoms with Crippen molar-refractivity contribution in [3.63, 3.8) is 0 Å². The van der Waals surface area contributed by atoms with E-state index in [0.29, 0.717) is 22.6 Å². The molecule has 162 valence electrons. The molecule has 6 heteroatoms. The predicted octanol–water partition coefficient (Wildman–Crippen LogP) is 4.64. The molecular formula is C26H24N2O4. The van der Waals surface area contributed by atoms with Crippen molar-refractivity contribution in [2.45, 2.75) is 26.8 Å². The van der Waals surface area contributed by atoms with E-state index in [1.54, 1.807) is 36.7 Å². The van der Waals surface area contributed by atoms with Gasteiger partial charge in [0.15, 0.2) is 0 Å². The van der Waals surface area contributed by atoms with E-state index in [1.165, 1.54) is 12.0 Å². The van der Waals surface area contributed by atoms with E-state index in [2.05, 4.69) is 4.98 Å². The van der Waals surface area contributed by atoms with E-state index in [4.69, 9.17) is 4.74 Å². The Morgan fingerprint density at radius 3 is 2.53 bits per heavy atom. The molecule has 1 aromatic heterocycles. The number of anilines is 1. The molecule has 3 aromatic rings. The lowest BCUT2D eigenvalue weighted by molar-refractivity contribution is -0.132. The van der Waals surface area contributed by atoms with Crippen LogP contribution in [0.5, 0.6) is 5.75 Å². The quantitative estimate of drug-likeness (QED) is 0.372. The van der Waals surface area contributed by atoms with Crippen molar-refractivity contribution < 1.29 is 19.4 Å². The number of pyridine rings is 1. The summed E-state index contributed by atoms with van der Waals surface area (Å²) >= 11 is 0. The molecule has 1 fully saturated rings. The summed E-state index contributed by atoms with van der Waals surface area (Å²) in [4.78, 5) is 32.2. The van der Waals surface area contributed by atoms with Gasteiger partial charge in [0.1, 0.15) is 11.5 Å². The number of aromatic nitrogens is 1. The fourth-order valence-corrected chi connectivity index (χ4v) is 4.08. The zero-order chi connectivity index (χ0) is 23.0. The molecule has 1 N–H and O–H groups in total. The Morgan fingerprint density at radius 2 is 1.84 bits per heavy atom. The minimum Gasteiger partial charge on any atom is -0.507 e. The summed E-state index contributed by atoms with van der Waals surface area (Å²) in [5.41, 5.74) is 4.38. The second-order valence-electron chi connectivity index (χ2n) is 7.88. The first-order valence-electron chi connectivity index (χ1n) is 10.3. The third kappa shape index (κ3) is 3.43. The fourth-order valence-electron chi connectivity index (χ4n) is 4.08. The van der Waals surface area contributed by atoms with Crippen molar-refractivity contribution in [3.05, 3.63) is 94.3 Å². The average molecular weight is 428 g/mol. The zero-order valence-electron chi connectivity index (χ0n) is 18.4. The molecule has 1 unspecified atom stereocenters. The Hall–Kier alpha value is -3.93. The van der Waals surface area contributed by atoms with Crippen molar-refractivity contribution in [1.82, 2.24) is 4.98 Å². The first-order valence-corrected chi connectivity index (χ1v) is 10.3. The minimum atomic E-state index is -0.825. The van der Waals surface area contributed by atoms with Crippen LogP contribution in [-0.4, -0.2) is 28.9 Å². The monoisotopic (exact) mass is 428 g/mol. The van der Waals surface area contributed by atoms with Crippen LogP contribution < -0.4 is 9.64 Å². The van der Waals surface area contributed by atoms with Crippen molar-refractivity contribution in [3.8, 4) is 5.75 Å². The molecule has 2 aromatic carbocycles. The normalized spacial score (nSPS) is 17.6. The van der Waals surface area contributed by atoms with Gasteiger partial charge >= 0.3 is 0 Å². The third-order valence-electron chi connectivity index (χ3n) is 5.89. The Bertz CT molecular complexity index is 1250. The molecule has 1 atom stereocenters. The number of ether oxygens (including phenoxy) is 1. The van der Waals surface area contributed by atoms with Gasteiger partial charge in [-0.05, 0) is 61.7 Å². The first-order chi connectivity index (χ1) is 15.3. The molecule has 0 spiro atoms. The van der Waals surface area contributed by atoms with Gasteiger partial charge in [0.05, 0.1) is 24.3 Å². The van der Waals surface area contributed by atoms with Crippen molar-refractivity contribution in [2.24, 2.45) is 0 Å². The highest BCUT2D eigenvalue weighted by Crippen LogP contribution is 2.44. The lowest BCUT2D eigenvalue weighted by Gasteiger charge is -2.27. The van der Waals surface area contributed by atoms with Gasteiger partial charge in [-0.1, -0.05) is 29.8 Å². The third-order valence-corrected chi connectivity index (χ3v) is 5.89. The van der Waals surface area contributed by atoms with Crippen LogP contribution in [0.2, 0.25) is 0 Å². The highest BCUT2D eigenvalue weighted by Gasteiger charge is 2.47. The van der Waals surface area contributed by atoms with Gasteiger partial charge in [-0.25, -0.2) is 0 Å². The molecule has 6 nitrogen and oxygen atoms in total. The first kappa shape index (κ1) is 21.3. The average Bonchev–Trinajstić information content (AvgIpc) is 3.06. The van der Waals surface area contributed by atoms with Gasteiger partial charge in [-0.2, -0.15) is 0 Å². The topological polar surface area (TPSA) is 79.7 Å². The zero-order valence-corrected chi connectivity index (χ0v) is 18.4. The van der Waals surface area contributed by atoms with Gasteiger partial charge in [0.2, 0.25) is 0 Å². The summed E-state index contributed by atoms with van der Waals surface area (Å²) in [5, 5.41) is 11.3. The maximum atomic E-state index is 13.3. The number of carbonyl (C=O) groups is 2. The summed E-state index contributed by atoms with van der Waals surface area (Å²) < 4.78 is 5.41. The number of carbonyl (C=O) groups excluding carboxylic acids is 2. The Balaban J connectivity index is 2.01. The number of aliphatic hydroxyl groups excluding tert-OH is 1. The summed E-state index contributed by atoms with van der Waals surface area (Å²) in [6.07, 6.45) is 3.23. The molecule has 4 rings (SSSR count). The molecule has 2 heterocycles. The van der Waals surface area contributed by atoms with Crippen molar-refractivity contribution >= 4 is 23.1 Å². The standard InChI is InChI=1S/C26H24N2O4/c1-15-10-11-21(32-4)19(13-15)24(29)22-23(18-8-6-12-27-14-18)28(26(31)25(22)30)20-9-5-7-16(2)17(20)3/h5-14,23,29H,1-4H3/b24-22+. The van der Waals surface area contributed by atoms with E-state index in [9.17, 15) is 14.7 Å². The number of nitrogens with zero attached hydrogens (tertiary/aromatic N) is 2. The summed E-state index contributed by atoms with van der Waals surface area (Å²) in [5.74, 6) is -1.30. The highest BCUT2D eigenvalue weighted by molar-refractivity contribution is 6.51. The highest BCUT2D eigenvalue weighted by atomic mass is 16.5. The Morgan fingerprint density at radius 1 is 1.06 bits per heavy atom. The van der Waals surface area contributed by atoms with Crippen LogP contribution >= 0.6 is 0 Å². The number of ketones is 1. The lowest BCUT2D eigenvalue weighted by Crippen LogP contribution is -2.30. The molecule has 0 aliphatic carbocycles. The van der Waals surface area contributed by atoms with Gasteiger partial charge in [-0.15, -0.1) is 0 Å². The molecular weight excluding hydrogens is 404 g/mol. The number of amides is 1. The number of Topliss-reactive ketones (excluding diaryl/α,β-unsaturated/α-hetero) is 1. The van der Waals surface area contributed by atoms with Crippen LogP contribution in [0.3, 0.4) is 0 Å². The molecule has 1 amide bonds. The van der Waals surface area contributed by atoms with Crippen LogP contribution in [0.15, 0.2) is 66.5 Å². The Labute approximate surface area is 186 Å². The van der Waals surface area contributed by atoms with E-state index >= 15 is 0 Å². The van der Waals surface area contributed by atoms with E-state index in [-0.39, 0.29) is 11.3 Å². The molecule has 0 radical (unpaired) electrons. The molecule has 32 heavy (non-hydrogen) atoms. The maximum absolute atomic E-state index is 13.3. The maximum Gasteiger partial charge on any atom is 0.300 e. The lowest BCUT2D eigenvalue weighted by atomic mass is 9.95. The van der Waals surface area contributed by atoms with Crippen LogP contribution in [0.25, 0.3) is 5.76 Å². The van der Waals surface area contributed by atoms with Crippen molar-refractivity contribution in [2.75, 3.05) is 12.0 Å². The number of hydrogen-bond donors (Lipinski definition) is 1. The molecule has 1 saturated heterocycles. The molecule has 0 bridgehead atoms. The number of benzene rings is 2. The number of aryl methyl sites for hydroxylation is 2. The Kier molecular flexibility index (Phi) is 5.53. The minimum absolute atomic E-state index is 0.00723. The van der Waals surface area contributed by atoms with Gasteiger partial charge in [0.25, 0.3) is 11.7 Å². The van der Waals surface area contributed by atoms with Crippen molar-refractivity contribution in [1.29, 1.82) is 0 Å². The second kappa shape index (κ2) is 8.30. The number of hydrogen-bond acceptors (Lipinski definition) is 5. The van der Waals surface area contributed by atoms with E-state index in [0.717, 1.165) is 16.7 Å². The van der Waals surface area contributed by atoms with Crippen LogP contribution in [-0.2, 0) is 9.59 Å². The van der Waals surface area contributed by atoms with Gasteiger partial charge < -0.3 is 9.84 Å². The van der Waals surface area contributed by atoms with E-state index < -0.39 is 17.7 Å². The molecule has 0 saturated carbocycles. The largest absolute Gasteiger partial charge is 0.507 e. The smallest absolute Gasteiger partial charge is 0.300 e. The summed E-state index contributed by atoms with van der Waals surface area (Å²) in [6.45, 7) is 5.74. The number of aliphatic hydroxyl groups is 1.